The minimum atomic E-state index is -0.141. The first-order valence-corrected chi connectivity index (χ1v) is 9.02. The molecular formula is C17H21N5OS. The molecule has 7 heteroatoms. The normalized spacial score (nSPS) is 11.3. The zero-order valence-corrected chi connectivity index (χ0v) is 14.6. The first kappa shape index (κ1) is 16.6. The molecule has 2 N–H and O–H groups in total. The van der Waals surface area contributed by atoms with Crippen LogP contribution < -0.4 is 5.32 Å². The van der Waals surface area contributed by atoms with Gasteiger partial charge < -0.3 is 9.88 Å². The minimum absolute atomic E-state index is 0.141. The van der Waals surface area contributed by atoms with Crippen LogP contribution in [-0.4, -0.2) is 43.2 Å². The molecule has 0 radical (unpaired) electrons. The summed E-state index contributed by atoms with van der Waals surface area (Å²) in [6.45, 7) is 5.54. The first-order chi connectivity index (χ1) is 11.6. The van der Waals surface area contributed by atoms with Gasteiger partial charge in [-0.25, -0.2) is 4.98 Å². The van der Waals surface area contributed by atoms with Crippen molar-refractivity contribution in [3.8, 4) is 0 Å². The zero-order valence-electron chi connectivity index (χ0n) is 13.8. The molecule has 126 valence electrons. The van der Waals surface area contributed by atoms with Crippen LogP contribution in [0.25, 0.3) is 11.0 Å². The second kappa shape index (κ2) is 7.53. The van der Waals surface area contributed by atoms with E-state index in [-0.39, 0.29) is 5.91 Å². The molecule has 0 spiro atoms. The third kappa shape index (κ3) is 3.97. The number of benzene rings is 1. The number of aromatic amines is 1. The van der Waals surface area contributed by atoms with Crippen molar-refractivity contribution < 1.29 is 4.79 Å². The zero-order chi connectivity index (χ0) is 16.9. The number of para-hydroxylation sites is 2. The van der Waals surface area contributed by atoms with E-state index >= 15 is 0 Å². The van der Waals surface area contributed by atoms with E-state index < -0.39 is 0 Å². The van der Waals surface area contributed by atoms with E-state index in [1.807, 2.05) is 40.6 Å². The SMILES string of the molecule is CC(C)SCCNC(=O)c1cc(Cn2cnc3ccccc32)[nH]n1. The van der Waals surface area contributed by atoms with E-state index in [0.717, 1.165) is 22.5 Å². The second-order valence-corrected chi connectivity index (χ2v) is 7.50. The highest BCUT2D eigenvalue weighted by Crippen LogP contribution is 2.13. The van der Waals surface area contributed by atoms with Gasteiger partial charge in [0.25, 0.3) is 5.91 Å². The summed E-state index contributed by atoms with van der Waals surface area (Å²) in [5.74, 6) is 0.763. The number of nitrogens with zero attached hydrogens (tertiary/aromatic N) is 3. The van der Waals surface area contributed by atoms with Crippen LogP contribution in [0.3, 0.4) is 0 Å². The second-order valence-electron chi connectivity index (χ2n) is 5.82. The molecule has 6 nitrogen and oxygen atoms in total. The molecule has 0 aliphatic rings. The Balaban J connectivity index is 1.60. The van der Waals surface area contributed by atoms with Gasteiger partial charge in [-0.2, -0.15) is 16.9 Å². The van der Waals surface area contributed by atoms with Gasteiger partial charge in [-0.05, 0) is 23.4 Å². The van der Waals surface area contributed by atoms with E-state index in [0.29, 0.717) is 24.0 Å². The molecule has 2 aromatic heterocycles. The number of carbonyl (C=O) groups excluding carboxylic acids is 1. The predicted molar refractivity (Wildman–Crippen MR) is 97.3 cm³/mol. The van der Waals surface area contributed by atoms with Crippen LogP contribution in [0, 0.1) is 0 Å². The van der Waals surface area contributed by atoms with Crippen molar-refractivity contribution in [2.45, 2.75) is 25.6 Å². The number of fused-ring (bicyclic) bond motifs is 1. The van der Waals surface area contributed by atoms with Gasteiger partial charge in [-0.3, -0.25) is 9.89 Å². The average Bonchev–Trinajstić information content (AvgIpc) is 3.19. The maximum absolute atomic E-state index is 12.1. The number of hydrogen-bond donors (Lipinski definition) is 2. The first-order valence-electron chi connectivity index (χ1n) is 7.97. The summed E-state index contributed by atoms with van der Waals surface area (Å²) in [5.41, 5.74) is 3.31. The van der Waals surface area contributed by atoms with Gasteiger partial charge in [0.05, 0.1) is 29.6 Å². The highest BCUT2D eigenvalue weighted by molar-refractivity contribution is 7.99. The van der Waals surface area contributed by atoms with E-state index in [1.54, 1.807) is 12.4 Å². The lowest BCUT2D eigenvalue weighted by Gasteiger charge is -2.05. The van der Waals surface area contributed by atoms with Gasteiger partial charge in [0.15, 0.2) is 0 Å². The fourth-order valence-electron chi connectivity index (χ4n) is 2.43. The van der Waals surface area contributed by atoms with E-state index in [2.05, 4.69) is 34.3 Å². The van der Waals surface area contributed by atoms with Crippen molar-refractivity contribution in [1.82, 2.24) is 25.1 Å². The predicted octanol–water partition coefficient (Wildman–Crippen LogP) is 2.68. The molecule has 0 atom stereocenters. The number of imidazole rings is 1. The number of rotatable bonds is 7. The number of hydrogen-bond acceptors (Lipinski definition) is 4. The van der Waals surface area contributed by atoms with Gasteiger partial charge in [-0.1, -0.05) is 26.0 Å². The Morgan fingerprint density at radius 3 is 3.04 bits per heavy atom. The van der Waals surface area contributed by atoms with Crippen LogP contribution in [-0.2, 0) is 6.54 Å². The number of carbonyl (C=O) groups is 1. The molecule has 0 fully saturated rings. The lowest BCUT2D eigenvalue weighted by molar-refractivity contribution is 0.0951. The molecule has 2 heterocycles. The molecule has 3 aromatic rings. The Morgan fingerprint density at radius 2 is 2.21 bits per heavy atom. The quantitative estimate of drug-likeness (QED) is 0.647. The number of amides is 1. The standard InChI is InChI=1S/C17H21N5OS/c1-12(2)24-8-7-18-17(23)15-9-13(20-21-15)10-22-11-19-14-5-3-4-6-16(14)22/h3-6,9,11-12H,7-8,10H2,1-2H3,(H,18,23)(H,20,21). The summed E-state index contributed by atoms with van der Waals surface area (Å²) in [4.78, 5) is 16.5. The van der Waals surface area contributed by atoms with E-state index in [9.17, 15) is 4.79 Å². The van der Waals surface area contributed by atoms with Crippen molar-refractivity contribution in [2.75, 3.05) is 12.3 Å². The molecule has 0 bridgehead atoms. The fourth-order valence-corrected chi connectivity index (χ4v) is 3.12. The van der Waals surface area contributed by atoms with Gasteiger partial charge in [0.2, 0.25) is 0 Å². The molecule has 0 aliphatic carbocycles. The Kier molecular flexibility index (Phi) is 5.20. The third-order valence-electron chi connectivity index (χ3n) is 3.57. The largest absolute Gasteiger partial charge is 0.350 e. The summed E-state index contributed by atoms with van der Waals surface area (Å²) in [6, 6.07) is 9.75. The van der Waals surface area contributed by atoms with Gasteiger partial charge in [-0.15, -0.1) is 0 Å². The molecule has 3 rings (SSSR count). The highest BCUT2D eigenvalue weighted by Gasteiger charge is 2.11. The average molecular weight is 343 g/mol. The molecule has 0 saturated carbocycles. The lowest BCUT2D eigenvalue weighted by Crippen LogP contribution is -2.26. The maximum atomic E-state index is 12.1. The minimum Gasteiger partial charge on any atom is -0.350 e. The monoisotopic (exact) mass is 343 g/mol. The summed E-state index contributed by atoms with van der Waals surface area (Å²) in [7, 11) is 0. The number of aromatic nitrogens is 4. The lowest BCUT2D eigenvalue weighted by atomic mass is 10.3. The molecule has 1 amide bonds. The Bertz CT molecular complexity index is 823. The van der Waals surface area contributed by atoms with Crippen LogP contribution in [0.5, 0.6) is 0 Å². The van der Waals surface area contributed by atoms with Crippen LogP contribution in [0.4, 0.5) is 0 Å². The van der Waals surface area contributed by atoms with Crippen LogP contribution in [0.15, 0.2) is 36.7 Å². The number of thioether (sulfide) groups is 1. The smallest absolute Gasteiger partial charge is 0.271 e. The van der Waals surface area contributed by atoms with Crippen molar-refractivity contribution in [3.63, 3.8) is 0 Å². The Morgan fingerprint density at radius 1 is 1.38 bits per heavy atom. The van der Waals surface area contributed by atoms with Crippen molar-refractivity contribution in [2.24, 2.45) is 0 Å². The highest BCUT2D eigenvalue weighted by atomic mass is 32.2. The van der Waals surface area contributed by atoms with E-state index in [4.69, 9.17) is 0 Å². The summed E-state index contributed by atoms with van der Waals surface area (Å²) >= 11 is 1.82. The number of nitrogens with one attached hydrogen (secondary N) is 2. The van der Waals surface area contributed by atoms with Crippen LogP contribution >= 0.6 is 11.8 Å². The molecule has 1 aromatic carbocycles. The van der Waals surface area contributed by atoms with Crippen molar-refractivity contribution >= 4 is 28.7 Å². The summed E-state index contributed by atoms with van der Waals surface area (Å²) in [5, 5.41) is 10.5. The van der Waals surface area contributed by atoms with Gasteiger partial charge in [0.1, 0.15) is 5.69 Å². The summed E-state index contributed by atoms with van der Waals surface area (Å²) in [6.07, 6.45) is 1.80. The Labute approximate surface area is 145 Å². The Hall–Kier alpha value is -2.28. The van der Waals surface area contributed by atoms with E-state index in [1.165, 1.54) is 0 Å². The molecule has 0 aliphatic heterocycles. The molecule has 0 saturated heterocycles. The van der Waals surface area contributed by atoms with Gasteiger partial charge in [0, 0.05) is 12.3 Å². The number of H-pyrrole nitrogens is 1. The summed E-state index contributed by atoms with van der Waals surface area (Å²) < 4.78 is 2.03. The molecule has 0 unspecified atom stereocenters. The topological polar surface area (TPSA) is 75.6 Å². The fraction of sp³-hybridized carbons (Fsp3) is 0.353. The van der Waals surface area contributed by atoms with Gasteiger partial charge >= 0.3 is 0 Å². The van der Waals surface area contributed by atoms with Crippen molar-refractivity contribution in [1.29, 1.82) is 0 Å². The molecule has 24 heavy (non-hydrogen) atoms. The molecular weight excluding hydrogens is 322 g/mol. The maximum Gasteiger partial charge on any atom is 0.271 e. The van der Waals surface area contributed by atoms with Crippen LogP contribution in [0.2, 0.25) is 0 Å². The third-order valence-corrected chi connectivity index (χ3v) is 4.68. The van der Waals surface area contributed by atoms with Crippen LogP contribution in [0.1, 0.15) is 30.0 Å². The van der Waals surface area contributed by atoms with Crippen molar-refractivity contribution in [3.05, 3.63) is 48.0 Å².